The van der Waals surface area contributed by atoms with Gasteiger partial charge in [-0.2, -0.15) is 5.10 Å². The summed E-state index contributed by atoms with van der Waals surface area (Å²) in [5.41, 5.74) is 4.58. The molecule has 3 aromatic carbocycles. The average molecular weight is 386 g/mol. The van der Waals surface area contributed by atoms with Gasteiger partial charge < -0.3 is 9.47 Å². The van der Waals surface area contributed by atoms with Crippen molar-refractivity contribution >= 4 is 11.4 Å². The van der Waals surface area contributed by atoms with E-state index in [0.717, 1.165) is 29.3 Å². The van der Waals surface area contributed by atoms with Crippen molar-refractivity contribution in [1.82, 2.24) is 0 Å². The summed E-state index contributed by atoms with van der Waals surface area (Å²) >= 11 is 0. The zero-order chi connectivity index (χ0) is 20.2. The number of hydrazone groups is 1. The summed E-state index contributed by atoms with van der Waals surface area (Å²) < 4.78 is 10.7. The van der Waals surface area contributed by atoms with Gasteiger partial charge in [0.25, 0.3) is 0 Å². The van der Waals surface area contributed by atoms with E-state index in [1.165, 1.54) is 11.1 Å². The lowest BCUT2D eigenvalue weighted by Crippen LogP contribution is -2.25. The van der Waals surface area contributed by atoms with Crippen LogP contribution in [0.4, 0.5) is 5.69 Å². The van der Waals surface area contributed by atoms with Crippen molar-refractivity contribution < 1.29 is 9.47 Å². The fourth-order valence-corrected chi connectivity index (χ4v) is 4.00. The predicted molar refractivity (Wildman–Crippen MR) is 118 cm³/mol. The van der Waals surface area contributed by atoms with Crippen LogP contribution < -0.4 is 14.5 Å². The Hall–Kier alpha value is -3.27. The van der Waals surface area contributed by atoms with Crippen molar-refractivity contribution in [2.24, 2.45) is 11.0 Å². The maximum absolute atomic E-state index is 5.36. The molecule has 148 valence electrons. The molecule has 4 nitrogen and oxygen atoms in total. The Labute approximate surface area is 172 Å². The molecule has 0 saturated carbocycles. The van der Waals surface area contributed by atoms with Crippen molar-refractivity contribution in [3.8, 4) is 11.5 Å². The molecule has 0 radical (unpaired) electrons. The lowest BCUT2D eigenvalue weighted by molar-refractivity contribution is 0.414. The Bertz CT molecular complexity index is 966. The Kier molecular flexibility index (Phi) is 5.52. The van der Waals surface area contributed by atoms with Crippen LogP contribution in [0.2, 0.25) is 0 Å². The molecule has 0 unspecified atom stereocenters. The molecule has 0 aliphatic carbocycles. The molecular weight excluding hydrogens is 360 g/mol. The van der Waals surface area contributed by atoms with Crippen molar-refractivity contribution in [2.75, 3.05) is 19.2 Å². The zero-order valence-corrected chi connectivity index (χ0v) is 17.1. The van der Waals surface area contributed by atoms with Crippen LogP contribution in [0, 0.1) is 5.92 Å². The van der Waals surface area contributed by atoms with Crippen LogP contribution in [-0.4, -0.2) is 19.9 Å². The van der Waals surface area contributed by atoms with E-state index in [2.05, 4.69) is 60.5 Å². The van der Waals surface area contributed by atoms with Gasteiger partial charge in [-0.15, -0.1) is 0 Å². The molecule has 0 spiro atoms. The van der Waals surface area contributed by atoms with Gasteiger partial charge in [-0.1, -0.05) is 49.4 Å². The second-order valence-electron chi connectivity index (χ2n) is 7.13. The quantitative estimate of drug-likeness (QED) is 0.545. The van der Waals surface area contributed by atoms with Crippen molar-refractivity contribution in [2.45, 2.75) is 19.4 Å². The SMILES string of the molecule is CC[C@H]1C(c2ccccc2)=NN(c2ccc(OC)cc2)[C@@H]1c1ccc(OC)cc1. The molecule has 3 aromatic rings. The zero-order valence-electron chi connectivity index (χ0n) is 17.1. The monoisotopic (exact) mass is 386 g/mol. The molecule has 0 amide bonds. The minimum absolute atomic E-state index is 0.120. The second kappa shape index (κ2) is 8.39. The third-order valence-corrected chi connectivity index (χ3v) is 5.51. The summed E-state index contributed by atoms with van der Waals surface area (Å²) in [6.07, 6.45) is 0.997. The lowest BCUT2D eigenvalue weighted by Gasteiger charge is -2.28. The topological polar surface area (TPSA) is 34.1 Å². The molecule has 1 aliphatic rings. The molecule has 2 atom stereocenters. The Morgan fingerprint density at radius 2 is 1.38 bits per heavy atom. The molecular formula is C25H26N2O2. The highest BCUT2D eigenvalue weighted by Crippen LogP contribution is 2.42. The number of rotatable bonds is 6. The van der Waals surface area contributed by atoms with Gasteiger partial charge in [0.05, 0.1) is 31.7 Å². The molecule has 1 aliphatic heterocycles. The van der Waals surface area contributed by atoms with Crippen LogP contribution >= 0.6 is 0 Å². The van der Waals surface area contributed by atoms with Gasteiger partial charge in [-0.25, -0.2) is 0 Å². The van der Waals surface area contributed by atoms with E-state index in [9.17, 15) is 0 Å². The van der Waals surface area contributed by atoms with E-state index in [0.29, 0.717) is 0 Å². The first-order valence-electron chi connectivity index (χ1n) is 9.96. The van der Waals surface area contributed by atoms with Gasteiger partial charge in [-0.3, -0.25) is 5.01 Å². The summed E-state index contributed by atoms with van der Waals surface area (Å²) in [7, 11) is 3.38. The van der Waals surface area contributed by atoms with Gasteiger partial charge in [0.1, 0.15) is 11.5 Å². The molecule has 0 fully saturated rings. The number of nitrogens with zero attached hydrogens (tertiary/aromatic N) is 2. The van der Waals surface area contributed by atoms with Crippen LogP contribution in [0.1, 0.15) is 30.5 Å². The first kappa shape index (κ1) is 19.1. The summed E-state index contributed by atoms with van der Waals surface area (Å²) in [6, 6.07) is 27.0. The molecule has 0 aromatic heterocycles. The van der Waals surface area contributed by atoms with E-state index in [1.807, 2.05) is 30.3 Å². The van der Waals surface area contributed by atoms with E-state index in [-0.39, 0.29) is 12.0 Å². The maximum Gasteiger partial charge on any atom is 0.119 e. The molecule has 0 N–H and O–H groups in total. The number of hydrogen-bond acceptors (Lipinski definition) is 4. The van der Waals surface area contributed by atoms with Crippen LogP contribution in [0.3, 0.4) is 0 Å². The van der Waals surface area contributed by atoms with Gasteiger partial charge >= 0.3 is 0 Å². The Morgan fingerprint density at radius 1 is 0.793 bits per heavy atom. The van der Waals surface area contributed by atoms with Gasteiger partial charge in [0.15, 0.2) is 0 Å². The highest BCUT2D eigenvalue weighted by atomic mass is 16.5. The van der Waals surface area contributed by atoms with Crippen LogP contribution in [-0.2, 0) is 0 Å². The predicted octanol–water partition coefficient (Wildman–Crippen LogP) is 5.70. The lowest BCUT2D eigenvalue weighted by atomic mass is 9.85. The number of hydrogen-bond donors (Lipinski definition) is 0. The third-order valence-electron chi connectivity index (χ3n) is 5.51. The van der Waals surface area contributed by atoms with Crippen molar-refractivity contribution in [3.63, 3.8) is 0 Å². The Morgan fingerprint density at radius 3 is 1.93 bits per heavy atom. The smallest absolute Gasteiger partial charge is 0.119 e. The number of benzene rings is 3. The minimum atomic E-state index is 0.120. The summed E-state index contributed by atoms with van der Waals surface area (Å²) in [4.78, 5) is 0. The van der Waals surface area contributed by atoms with Crippen LogP contribution in [0.15, 0.2) is 84.0 Å². The fraction of sp³-hybridized carbons (Fsp3) is 0.240. The standard InChI is InChI=1S/C25H26N2O2/c1-4-23-24(18-8-6-5-7-9-18)26-27(20-12-16-22(29-3)17-13-20)25(23)19-10-14-21(28-2)15-11-19/h5-17,23,25H,4H2,1-3H3/t23-,25+/m0/s1. The highest BCUT2D eigenvalue weighted by Gasteiger charge is 2.38. The molecule has 1 heterocycles. The third kappa shape index (κ3) is 3.70. The van der Waals surface area contributed by atoms with Crippen LogP contribution in [0.5, 0.6) is 11.5 Å². The minimum Gasteiger partial charge on any atom is -0.497 e. The normalized spacial score (nSPS) is 18.4. The average Bonchev–Trinajstić information content (AvgIpc) is 3.19. The molecule has 0 bridgehead atoms. The first-order chi connectivity index (χ1) is 14.2. The molecule has 4 rings (SSSR count). The van der Waals surface area contributed by atoms with Crippen molar-refractivity contribution in [1.29, 1.82) is 0 Å². The molecule has 4 heteroatoms. The maximum atomic E-state index is 5.36. The van der Waals surface area contributed by atoms with E-state index in [1.54, 1.807) is 14.2 Å². The van der Waals surface area contributed by atoms with Crippen molar-refractivity contribution in [3.05, 3.63) is 90.0 Å². The van der Waals surface area contributed by atoms with Gasteiger partial charge in [0, 0.05) is 5.92 Å². The number of anilines is 1. The van der Waals surface area contributed by atoms with Gasteiger partial charge in [-0.05, 0) is 53.9 Å². The van der Waals surface area contributed by atoms with E-state index >= 15 is 0 Å². The summed E-state index contributed by atoms with van der Waals surface area (Å²) in [5.74, 6) is 1.99. The number of ether oxygens (including phenoxy) is 2. The summed E-state index contributed by atoms with van der Waals surface area (Å²) in [6.45, 7) is 2.23. The molecule has 0 saturated heterocycles. The second-order valence-corrected chi connectivity index (χ2v) is 7.13. The van der Waals surface area contributed by atoms with E-state index < -0.39 is 0 Å². The summed E-state index contributed by atoms with van der Waals surface area (Å²) in [5, 5.41) is 7.27. The highest BCUT2D eigenvalue weighted by molar-refractivity contribution is 6.05. The molecule has 29 heavy (non-hydrogen) atoms. The van der Waals surface area contributed by atoms with E-state index in [4.69, 9.17) is 14.6 Å². The first-order valence-corrected chi connectivity index (χ1v) is 9.96. The largest absolute Gasteiger partial charge is 0.497 e. The Balaban J connectivity index is 1.80. The fourth-order valence-electron chi connectivity index (χ4n) is 4.00. The van der Waals surface area contributed by atoms with Crippen LogP contribution in [0.25, 0.3) is 0 Å². The number of methoxy groups -OCH3 is 2. The van der Waals surface area contributed by atoms with Gasteiger partial charge in [0.2, 0.25) is 0 Å².